The van der Waals surface area contributed by atoms with Gasteiger partial charge in [0.1, 0.15) is 0 Å². The molecule has 216 valence electrons. The molecule has 0 bridgehead atoms. The van der Waals surface area contributed by atoms with Crippen molar-refractivity contribution in [3.8, 4) is 0 Å². The van der Waals surface area contributed by atoms with Crippen molar-refractivity contribution in [2.45, 2.75) is 117 Å². The first-order valence-electron chi connectivity index (χ1n) is 14.3. The van der Waals surface area contributed by atoms with Gasteiger partial charge in [-0.3, -0.25) is 19.2 Å². The number of carbonyl (C=O) groups is 4. The standard InChI is InChI=1S/C22H38O4.C8H10O4/c1-3-4-5-6-7-8-9-10-11-12-13-17-22(20(25)26)18-15-14-16-21(22,2)19(23)24;9-7(10)5-3-1-2-4-6(5)8(11)12/h14-15H,3-13,16-18H2,1-2H3,(H,23,24)(H,25,26);1-2,5-6H,3-4H2,(H,9,10)(H,11,12). The zero-order valence-electron chi connectivity index (χ0n) is 23.2. The normalized spacial score (nSPS) is 26.3. The van der Waals surface area contributed by atoms with Gasteiger partial charge in [0.25, 0.3) is 0 Å². The molecule has 4 atom stereocenters. The lowest BCUT2D eigenvalue weighted by Crippen LogP contribution is -2.51. The molecule has 38 heavy (non-hydrogen) atoms. The Labute approximate surface area is 227 Å². The molecule has 0 saturated carbocycles. The van der Waals surface area contributed by atoms with Crippen molar-refractivity contribution in [3.05, 3.63) is 24.3 Å². The first kappa shape index (κ1) is 33.4. The Balaban J connectivity index is 0.000000499. The highest BCUT2D eigenvalue weighted by Crippen LogP contribution is 2.52. The molecule has 0 fully saturated rings. The maximum atomic E-state index is 12.0. The lowest BCUT2D eigenvalue weighted by atomic mass is 9.56. The number of carboxylic acids is 4. The summed E-state index contributed by atoms with van der Waals surface area (Å²) in [6, 6.07) is 0. The Kier molecular flexibility index (Phi) is 15.0. The fourth-order valence-electron chi connectivity index (χ4n) is 5.58. The van der Waals surface area contributed by atoms with Crippen molar-refractivity contribution in [3.63, 3.8) is 0 Å². The zero-order valence-corrected chi connectivity index (χ0v) is 23.2. The van der Waals surface area contributed by atoms with Crippen LogP contribution in [0, 0.1) is 22.7 Å². The van der Waals surface area contributed by atoms with E-state index in [1.165, 1.54) is 51.4 Å². The summed E-state index contributed by atoms with van der Waals surface area (Å²) in [6.07, 6.45) is 22.1. The smallest absolute Gasteiger partial charge is 0.311 e. The van der Waals surface area contributed by atoms with Gasteiger partial charge in [0.05, 0.1) is 22.7 Å². The molecule has 0 aliphatic heterocycles. The van der Waals surface area contributed by atoms with Crippen LogP contribution in [0.3, 0.4) is 0 Å². The van der Waals surface area contributed by atoms with Crippen LogP contribution in [0.25, 0.3) is 0 Å². The number of aliphatic carboxylic acids is 4. The highest BCUT2D eigenvalue weighted by atomic mass is 16.4. The van der Waals surface area contributed by atoms with Gasteiger partial charge in [0.2, 0.25) is 0 Å². The monoisotopic (exact) mass is 536 g/mol. The molecule has 4 N–H and O–H groups in total. The molecule has 2 aliphatic carbocycles. The Morgan fingerprint density at radius 1 is 0.632 bits per heavy atom. The summed E-state index contributed by atoms with van der Waals surface area (Å²) < 4.78 is 0. The van der Waals surface area contributed by atoms with Gasteiger partial charge in [0.15, 0.2) is 0 Å². The van der Waals surface area contributed by atoms with Crippen LogP contribution in [0.4, 0.5) is 0 Å². The molecule has 0 amide bonds. The summed E-state index contributed by atoms with van der Waals surface area (Å²) >= 11 is 0. The predicted octanol–water partition coefficient (Wildman–Crippen LogP) is 6.94. The molecule has 2 rings (SSSR count). The zero-order chi connectivity index (χ0) is 28.6. The van der Waals surface area contributed by atoms with E-state index in [-0.39, 0.29) is 0 Å². The van der Waals surface area contributed by atoms with E-state index in [0.717, 1.165) is 19.3 Å². The summed E-state index contributed by atoms with van der Waals surface area (Å²) in [6.45, 7) is 3.84. The van der Waals surface area contributed by atoms with E-state index < -0.39 is 46.5 Å². The fourth-order valence-corrected chi connectivity index (χ4v) is 5.58. The second kappa shape index (κ2) is 17.0. The second-order valence-corrected chi connectivity index (χ2v) is 11.0. The van der Waals surface area contributed by atoms with E-state index in [0.29, 0.717) is 32.1 Å². The van der Waals surface area contributed by atoms with Crippen LogP contribution < -0.4 is 0 Å². The molecule has 0 aromatic heterocycles. The maximum absolute atomic E-state index is 12.0. The Morgan fingerprint density at radius 2 is 1.05 bits per heavy atom. The lowest BCUT2D eigenvalue weighted by molar-refractivity contribution is -0.174. The van der Waals surface area contributed by atoms with Crippen molar-refractivity contribution in [2.24, 2.45) is 22.7 Å². The van der Waals surface area contributed by atoms with Crippen molar-refractivity contribution in [2.75, 3.05) is 0 Å². The van der Waals surface area contributed by atoms with E-state index in [4.69, 9.17) is 10.2 Å². The van der Waals surface area contributed by atoms with Crippen LogP contribution in [0.2, 0.25) is 0 Å². The minimum Gasteiger partial charge on any atom is -0.481 e. The van der Waals surface area contributed by atoms with Gasteiger partial charge in [-0.2, -0.15) is 0 Å². The minimum absolute atomic E-state index is 0.298. The molecule has 0 heterocycles. The highest BCUT2D eigenvalue weighted by molar-refractivity contribution is 5.87. The molecule has 8 nitrogen and oxygen atoms in total. The third-order valence-electron chi connectivity index (χ3n) is 8.37. The van der Waals surface area contributed by atoms with Gasteiger partial charge in [-0.05, 0) is 39.0 Å². The predicted molar refractivity (Wildman–Crippen MR) is 146 cm³/mol. The first-order chi connectivity index (χ1) is 18.0. The van der Waals surface area contributed by atoms with E-state index in [9.17, 15) is 29.4 Å². The largest absolute Gasteiger partial charge is 0.481 e. The Morgan fingerprint density at radius 3 is 1.45 bits per heavy atom. The van der Waals surface area contributed by atoms with Crippen LogP contribution in [-0.2, 0) is 19.2 Å². The number of hydrogen-bond donors (Lipinski definition) is 4. The van der Waals surface area contributed by atoms with Gasteiger partial charge in [-0.15, -0.1) is 0 Å². The van der Waals surface area contributed by atoms with E-state index in [1.54, 1.807) is 19.1 Å². The van der Waals surface area contributed by atoms with Gasteiger partial charge >= 0.3 is 23.9 Å². The third-order valence-corrected chi connectivity index (χ3v) is 8.37. The van der Waals surface area contributed by atoms with E-state index in [1.807, 2.05) is 12.2 Å². The van der Waals surface area contributed by atoms with Crippen molar-refractivity contribution < 1.29 is 39.6 Å². The summed E-state index contributed by atoms with van der Waals surface area (Å²) in [4.78, 5) is 45.0. The van der Waals surface area contributed by atoms with Gasteiger partial charge < -0.3 is 20.4 Å². The fraction of sp³-hybridized carbons (Fsp3) is 0.733. The molecular weight excluding hydrogens is 488 g/mol. The van der Waals surface area contributed by atoms with Crippen LogP contribution in [0.1, 0.15) is 117 Å². The summed E-state index contributed by atoms with van der Waals surface area (Å²) in [5, 5.41) is 36.8. The molecule has 0 aromatic carbocycles. The average molecular weight is 537 g/mol. The number of rotatable bonds is 16. The van der Waals surface area contributed by atoms with E-state index in [2.05, 4.69) is 6.92 Å². The van der Waals surface area contributed by atoms with Crippen LogP contribution in [-0.4, -0.2) is 44.3 Å². The molecule has 0 aromatic rings. The highest BCUT2D eigenvalue weighted by Gasteiger charge is 2.57. The number of hydrogen-bond acceptors (Lipinski definition) is 4. The second-order valence-electron chi connectivity index (χ2n) is 11.0. The summed E-state index contributed by atoms with van der Waals surface area (Å²) in [7, 11) is 0. The quantitative estimate of drug-likeness (QED) is 0.122. The van der Waals surface area contributed by atoms with Crippen LogP contribution in [0.15, 0.2) is 24.3 Å². The Bertz CT molecular complexity index is 808. The first-order valence-corrected chi connectivity index (χ1v) is 14.3. The number of carboxylic acid groups (broad SMARTS) is 4. The SMILES string of the molecule is CCCCCCCCCCCCCC1(C(=O)O)CC=CCC1(C)C(=O)O.O=C(O)C1CC=CCC1C(=O)O. The molecule has 0 radical (unpaired) electrons. The van der Waals surface area contributed by atoms with Gasteiger partial charge in [-0.1, -0.05) is 102 Å². The topological polar surface area (TPSA) is 149 Å². The summed E-state index contributed by atoms with van der Waals surface area (Å²) in [5.74, 6) is -5.51. The maximum Gasteiger partial charge on any atom is 0.311 e. The average Bonchev–Trinajstić information content (AvgIpc) is 2.88. The van der Waals surface area contributed by atoms with Gasteiger partial charge in [0, 0.05) is 0 Å². The van der Waals surface area contributed by atoms with Crippen molar-refractivity contribution in [1.82, 2.24) is 0 Å². The number of unbranched alkanes of at least 4 members (excludes halogenated alkanes) is 10. The third kappa shape index (κ3) is 9.59. The molecular formula is C30H48O8. The van der Waals surface area contributed by atoms with Crippen LogP contribution in [0.5, 0.6) is 0 Å². The van der Waals surface area contributed by atoms with Crippen molar-refractivity contribution >= 4 is 23.9 Å². The molecule has 4 unspecified atom stereocenters. The Hall–Kier alpha value is -2.64. The van der Waals surface area contributed by atoms with E-state index >= 15 is 0 Å². The van der Waals surface area contributed by atoms with Crippen LogP contribution >= 0.6 is 0 Å². The number of allylic oxidation sites excluding steroid dienone is 4. The molecule has 2 aliphatic rings. The minimum atomic E-state index is -1.22. The van der Waals surface area contributed by atoms with Gasteiger partial charge in [-0.25, -0.2) is 0 Å². The molecule has 0 spiro atoms. The molecule has 8 heteroatoms. The van der Waals surface area contributed by atoms with Crippen molar-refractivity contribution in [1.29, 1.82) is 0 Å². The molecule has 0 saturated heterocycles. The lowest BCUT2D eigenvalue weighted by Gasteiger charge is -2.44. The summed E-state index contributed by atoms with van der Waals surface area (Å²) in [5.41, 5.74) is -2.39.